The molecule has 146 valence electrons. The highest BCUT2D eigenvalue weighted by Gasteiger charge is 2.24. The van der Waals surface area contributed by atoms with Crippen molar-refractivity contribution in [3.8, 4) is 17.0 Å². The molecule has 6 heteroatoms. The first-order valence-corrected chi connectivity index (χ1v) is 10.1. The Morgan fingerprint density at radius 2 is 1.79 bits per heavy atom. The van der Waals surface area contributed by atoms with Gasteiger partial charge in [0.05, 0.1) is 12.3 Å². The summed E-state index contributed by atoms with van der Waals surface area (Å²) in [6.45, 7) is 2.65. The van der Waals surface area contributed by atoms with Gasteiger partial charge in [0.2, 0.25) is 0 Å². The highest BCUT2D eigenvalue weighted by Crippen LogP contribution is 2.27. The van der Waals surface area contributed by atoms with Crippen LogP contribution in [-0.2, 0) is 0 Å². The van der Waals surface area contributed by atoms with Crippen molar-refractivity contribution in [2.24, 2.45) is 5.92 Å². The summed E-state index contributed by atoms with van der Waals surface area (Å²) in [7, 11) is 0. The van der Waals surface area contributed by atoms with Gasteiger partial charge in [-0.05, 0) is 25.0 Å². The fraction of sp³-hybridized carbons (Fsp3) is 0.261. The van der Waals surface area contributed by atoms with Crippen LogP contribution in [0, 0.1) is 5.92 Å². The monoisotopic (exact) mass is 385 g/mol. The second kappa shape index (κ2) is 7.91. The van der Waals surface area contributed by atoms with Gasteiger partial charge >= 0.3 is 0 Å². The summed E-state index contributed by atoms with van der Waals surface area (Å²) in [5, 5.41) is 4.42. The molecule has 0 saturated carbocycles. The molecule has 2 aromatic carbocycles. The predicted octanol–water partition coefficient (Wildman–Crippen LogP) is 4.09. The van der Waals surface area contributed by atoms with Gasteiger partial charge < -0.3 is 9.64 Å². The molecule has 1 aliphatic rings. The molecule has 6 nitrogen and oxygen atoms in total. The van der Waals surface area contributed by atoms with Gasteiger partial charge in [0.15, 0.2) is 0 Å². The number of benzene rings is 2. The molecule has 0 N–H and O–H groups in total. The maximum absolute atomic E-state index is 6.02. The second-order valence-corrected chi connectivity index (χ2v) is 7.42. The zero-order chi connectivity index (χ0) is 19.5. The number of nitrogens with zero attached hydrogens (tertiary/aromatic N) is 5. The van der Waals surface area contributed by atoms with E-state index in [1.165, 1.54) is 6.42 Å². The quantitative estimate of drug-likeness (QED) is 0.518. The SMILES string of the molecule is c1ccc(OCC2CCCN(c3cc(-c4ccccc4)nc4ncnn34)C2)cc1. The zero-order valence-electron chi connectivity index (χ0n) is 16.2. The van der Waals surface area contributed by atoms with Crippen molar-refractivity contribution in [2.75, 3.05) is 24.6 Å². The molecule has 2 aromatic heterocycles. The first-order chi connectivity index (χ1) is 14.4. The van der Waals surface area contributed by atoms with Crippen LogP contribution in [0.5, 0.6) is 5.75 Å². The Morgan fingerprint density at radius 3 is 2.62 bits per heavy atom. The number of aromatic nitrogens is 4. The van der Waals surface area contributed by atoms with Crippen LogP contribution in [-0.4, -0.2) is 39.3 Å². The number of hydrogen-bond donors (Lipinski definition) is 0. The molecular formula is C23H23N5O. The number of fused-ring (bicyclic) bond motifs is 1. The second-order valence-electron chi connectivity index (χ2n) is 7.42. The Balaban J connectivity index is 1.40. The third kappa shape index (κ3) is 3.78. The third-order valence-corrected chi connectivity index (χ3v) is 5.37. The topological polar surface area (TPSA) is 55.5 Å². The number of rotatable bonds is 5. The first kappa shape index (κ1) is 17.7. The van der Waals surface area contributed by atoms with Crippen molar-refractivity contribution in [1.82, 2.24) is 19.6 Å². The Morgan fingerprint density at radius 1 is 1.00 bits per heavy atom. The molecular weight excluding hydrogens is 362 g/mol. The molecule has 0 aliphatic carbocycles. The molecule has 3 heterocycles. The molecule has 0 bridgehead atoms. The number of hydrogen-bond acceptors (Lipinski definition) is 5. The minimum atomic E-state index is 0.468. The molecule has 0 amide bonds. The van der Waals surface area contributed by atoms with E-state index in [1.54, 1.807) is 6.33 Å². The lowest BCUT2D eigenvalue weighted by Gasteiger charge is -2.34. The van der Waals surface area contributed by atoms with Crippen molar-refractivity contribution >= 4 is 11.6 Å². The van der Waals surface area contributed by atoms with Crippen LogP contribution in [0.4, 0.5) is 5.82 Å². The average Bonchev–Trinajstić information content (AvgIpc) is 3.27. The third-order valence-electron chi connectivity index (χ3n) is 5.37. The highest BCUT2D eigenvalue weighted by molar-refractivity contribution is 5.65. The Labute approximate surface area is 169 Å². The molecule has 1 aliphatic heterocycles. The lowest BCUT2D eigenvalue weighted by atomic mass is 9.99. The van der Waals surface area contributed by atoms with Gasteiger partial charge in [0.1, 0.15) is 17.9 Å². The van der Waals surface area contributed by atoms with E-state index < -0.39 is 0 Å². The van der Waals surface area contributed by atoms with Crippen LogP contribution in [0.25, 0.3) is 17.0 Å². The van der Waals surface area contributed by atoms with Gasteiger partial charge in [-0.3, -0.25) is 0 Å². The van der Waals surface area contributed by atoms with Gasteiger partial charge in [-0.2, -0.15) is 14.6 Å². The van der Waals surface area contributed by atoms with E-state index in [0.29, 0.717) is 11.7 Å². The highest BCUT2D eigenvalue weighted by atomic mass is 16.5. The average molecular weight is 385 g/mol. The molecule has 0 spiro atoms. The minimum Gasteiger partial charge on any atom is -0.493 e. The fourth-order valence-corrected chi connectivity index (χ4v) is 3.92. The first-order valence-electron chi connectivity index (χ1n) is 10.1. The molecule has 1 saturated heterocycles. The lowest BCUT2D eigenvalue weighted by molar-refractivity contribution is 0.228. The Kier molecular flexibility index (Phi) is 4.82. The van der Waals surface area contributed by atoms with E-state index in [2.05, 4.69) is 33.2 Å². The van der Waals surface area contributed by atoms with Crippen LogP contribution >= 0.6 is 0 Å². The molecule has 4 aromatic rings. The number of ether oxygens (including phenoxy) is 1. The molecule has 29 heavy (non-hydrogen) atoms. The molecule has 1 atom stereocenters. The van der Waals surface area contributed by atoms with E-state index >= 15 is 0 Å². The van der Waals surface area contributed by atoms with Gasteiger partial charge in [-0.1, -0.05) is 48.5 Å². The van der Waals surface area contributed by atoms with Crippen molar-refractivity contribution in [3.05, 3.63) is 73.1 Å². The summed E-state index contributed by atoms with van der Waals surface area (Å²) in [5.74, 6) is 3.06. The van der Waals surface area contributed by atoms with Gasteiger partial charge in [-0.15, -0.1) is 0 Å². The van der Waals surface area contributed by atoms with Crippen molar-refractivity contribution in [3.63, 3.8) is 0 Å². The number of para-hydroxylation sites is 1. The van der Waals surface area contributed by atoms with E-state index in [1.807, 2.05) is 53.0 Å². The van der Waals surface area contributed by atoms with Crippen LogP contribution in [0.3, 0.4) is 0 Å². The summed E-state index contributed by atoms with van der Waals surface area (Å²) >= 11 is 0. The van der Waals surface area contributed by atoms with Gasteiger partial charge in [-0.25, -0.2) is 4.98 Å². The molecule has 1 fully saturated rings. The predicted molar refractivity (Wildman–Crippen MR) is 113 cm³/mol. The van der Waals surface area contributed by atoms with Crippen LogP contribution in [0.1, 0.15) is 12.8 Å². The zero-order valence-corrected chi connectivity index (χ0v) is 16.2. The summed E-state index contributed by atoms with van der Waals surface area (Å²) in [4.78, 5) is 11.4. The van der Waals surface area contributed by atoms with Crippen molar-refractivity contribution in [2.45, 2.75) is 12.8 Å². The summed E-state index contributed by atoms with van der Waals surface area (Å²) < 4.78 is 7.86. The Hall–Kier alpha value is -3.41. The summed E-state index contributed by atoms with van der Waals surface area (Å²) in [5.41, 5.74) is 2.00. The van der Waals surface area contributed by atoms with Gasteiger partial charge in [0, 0.05) is 30.6 Å². The van der Waals surface area contributed by atoms with Crippen LogP contribution in [0.2, 0.25) is 0 Å². The summed E-state index contributed by atoms with van der Waals surface area (Å²) in [6, 6.07) is 22.4. The van der Waals surface area contributed by atoms with Crippen LogP contribution in [0.15, 0.2) is 73.1 Å². The van der Waals surface area contributed by atoms with Crippen LogP contribution < -0.4 is 9.64 Å². The van der Waals surface area contributed by atoms with E-state index in [0.717, 1.165) is 48.9 Å². The largest absolute Gasteiger partial charge is 0.493 e. The standard InChI is InChI=1S/C23H23N5O/c1-3-9-19(10-4-1)21-14-22(28-23(26-21)24-17-25-28)27-13-7-8-18(15-27)16-29-20-11-5-2-6-12-20/h1-6,9-12,14,17-18H,7-8,13,15-16H2. The Bertz CT molecular complexity index is 1080. The normalized spacial score (nSPS) is 16.8. The smallest absolute Gasteiger partial charge is 0.254 e. The molecule has 5 rings (SSSR count). The molecule has 0 radical (unpaired) electrons. The number of anilines is 1. The van der Waals surface area contributed by atoms with Crippen molar-refractivity contribution < 1.29 is 4.74 Å². The van der Waals surface area contributed by atoms with E-state index in [-0.39, 0.29) is 0 Å². The molecule has 1 unspecified atom stereocenters. The van der Waals surface area contributed by atoms with Gasteiger partial charge in [0.25, 0.3) is 5.78 Å². The van der Waals surface area contributed by atoms with E-state index in [9.17, 15) is 0 Å². The summed E-state index contributed by atoms with van der Waals surface area (Å²) in [6.07, 6.45) is 3.86. The number of piperidine rings is 1. The van der Waals surface area contributed by atoms with Crippen molar-refractivity contribution in [1.29, 1.82) is 0 Å². The fourth-order valence-electron chi connectivity index (χ4n) is 3.92. The van der Waals surface area contributed by atoms with E-state index in [4.69, 9.17) is 9.72 Å². The maximum Gasteiger partial charge on any atom is 0.254 e. The lowest BCUT2D eigenvalue weighted by Crippen LogP contribution is -2.38. The minimum absolute atomic E-state index is 0.468. The maximum atomic E-state index is 6.02.